The third-order valence-corrected chi connectivity index (χ3v) is 3.98. The van der Waals surface area contributed by atoms with E-state index in [1.54, 1.807) is 0 Å². The molecule has 0 aromatic rings. The van der Waals surface area contributed by atoms with Crippen LogP contribution >= 0.6 is 0 Å². The van der Waals surface area contributed by atoms with E-state index in [4.69, 9.17) is 5.73 Å². The lowest BCUT2D eigenvalue weighted by atomic mass is 9.88. The number of nitrogens with one attached hydrogen (secondary N) is 1. The van der Waals surface area contributed by atoms with Gasteiger partial charge in [0.15, 0.2) is 0 Å². The van der Waals surface area contributed by atoms with Crippen molar-refractivity contribution >= 4 is 5.91 Å². The van der Waals surface area contributed by atoms with Crippen LogP contribution in [0.25, 0.3) is 0 Å². The highest BCUT2D eigenvalue weighted by Crippen LogP contribution is 2.49. The topological polar surface area (TPSA) is 55.1 Å². The first-order chi connectivity index (χ1) is 8.37. The second-order valence-corrected chi connectivity index (χ2v) is 7.47. The van der Waals surface area contributed by atoms with Crippen LogP contribution in [0.1, 0.15) is 52.9 Å². The molecule has 1 amide bonds. The second kappa shape index (κ2) is 5.20. The number of carbonyl (C=O) groups is 1. The van der Waals surface area contributed by atoms with Crippen molar-refractivity contribution in [3.63, 3.8) is 0 Å². The summed E-state index contributed by atoms with van der Waals surface area (Å²) in [6, 6.07) is 0.0769. The van der Waals surface area contributed by atoms with Crippen molar-refractivity contribution in [2.24, 2.45) is 28.9 Å². The summed E-state index contributed by atoms with van der Waals surface area (Å²) in [5.41, 5.74) is 6.31. The fraction of sp³-hybridized carbons (Fsp3) is 0.933. The largest absolute Gasteiger partial charge is 0.354 e. The van der Waals surface area contributed by atoms with Crippen LogP contribution in [0.4, 0.5) is 0 Å². The number of amides is 1. The van der Waals surface area contributed by atoms with Crippen molar-refractivity contribution in [3.8, 4) is 0 Å². The molecule has 0 spiro atoms. The molecule has 2 aliphatic rings. The van der Waals surface area contributed by atoms with Gasteiger partial charge in [-0.1, -0.05) is 20.8 Å². The van der Waals surface area contributed by atoms with Crippen molar-refractivity contribution < 1.29 is 4.79 Å². The maximum atomic E-state index is 12.2. The van der Waals surface area contributed by atoms with Crippen LogP contribution in [0.5, 0.6) is 0 Å². The zero-order valence-electron chi connectivity index (χ0n) is 12.0. The van der Waals surface area contributed by atoms with Crippen LogP contribution in [-0.4, -0.2) is 18.5 Å². The van der Waals surface area contributed by atoms with Gasteiger partial charge in [-0.2, -0.15) is 0 Å². The molecule has 1 atom stereocenters. The molecular weight excluding hydrogens is 224 g/mol. The van der Waals surface area contributed by atoms with Gasteiger partial charge in [0, 0.05) is 18.5 Å². The number of nitrogens with two attached hydrogens (primary N) is 1. The molecule has 0 saturated heterocycles. The predicted molar refractivity (Wildman–Crippen MR) is 74.0 cm³/mol. The third kappa shape index (κ3) is 4.27. The molecule has 3 nitrogen and oxygen atoms in total. The lowest BCUT2D eigenvalue weighted by Gasteiger charge is -2.24. The Morgan fingerprint density at radius 1 is 1.22 bits per heavy atom. The van der Waals surface area contributed by atoms with Gasteiger partial charge in [-0.15, -0.1) is 0 Å². The van der Waals surface area contributed by atoms with Crippen LogP contribution in [0, 0.1) is 23.2 Å². The molecule has 0 aromatic carbocycles. The Kier molecular flexibility index (Phi) is 4.00. The molecule has 104 valence electrons. The molecule has 1 unspecified atom stereocenters. The average Bonchev–Trinajstić information content (AvgIpc) is 3.06. The summed E-state index contributed by atoms with van der Waals surface area (Å²) in [5, 5.41) is 3.08. The van der Waals surface area contributed by atoms with Crippen molar-refractivity contribution in [3.05, 3.63) is 0 Å². The van der Waals surface area contributed by atoms with Crippen molar-refractivity contribution in [2.75, 3.05) is 6.54 Å². The Bertz CT molecular complexity index is 288. The Labute approximate surface area is 111 Å². The summed E-state index contributed by atoms with van der Waals surface area (Å²) < 4.78 is 0. The van der Waals surface area contributed by atoms with Crippen molar-refractivity contribution in [2.45, 2.75) is 58.9 Å². The van der Waals surface area contributed by atoms with E-state index in [1.807, 2.05) is 0 Å². The van der Waals surface area contributed by atoms with E-state index in [1.165, 1.54) is 25.7 Å². The average molecular weight is 252 g/mol. The van der Waals surface area contributed by atoms with Gasteiger partial charge >= 0.3 is 0 Å². The summed E-state index contributed by atoms with van der Waals surface area (Å²) >= 11 is 0. The first-order valence-electron chi connectivity index (χ1n) is 7.40. The zero-order chi connectivity index (χ0) is 13.3. The first-order valence-corrected chi connectivity index (χ1v) is 7.40. The standard InChI is InChI=1S/C15H28N2O/c1-15(2,3)8-12(16)9-17-14(18)13(10-4-5-10)11-6-7-11/h10-13H,4-9,16H2,1-3H3,(H,17,18). The van der Waals surface area contributed by atoms with Gasteiger partial charge in [-0.3, -0.25) is 4.79 Å². The van der Waals surface area contributed by atoms with Crippen LogP contribution in [0.3, 0.4) is 0 Å². The number of hydrogen-bond donors (Lipinski definition) is 2. The highest BCUT2D eigenvalue weighted by molar-refractivity contribution is 5.80. The summed E-state index contributed by atoms with van der Waals surface area (Å²) in [7, 11) is 0. The minimum absolute atomic E-state index is 0.0769. The highest BCUT2D eigenvalue weighted by atomic mass is 16.1. The van der Waals surface area contributed by atoms with Gasteiger partial charge < -0.3 is 11.1 Å². The van der Waals surface area contributed by atoms with Crippen LogP contribution in [0.2, 0.25) is 0 Å². The van der Waals surface area contributed by atoms with Crippen molar-refractivity contribution in [1.29, 1.82) is 0 Å². The molecule has 0 heterocycles. The van der Waals surface area contributed by atoms with Crippen LogP contribution in [0.15, 0.2) is 0 Å². The zero-order valence-corrected chi connectivity index (χ0v) is 12.0. The lowest BCUT2D eigenvalue weighted by Crippen LogP contribution is -2.42. The van der Waals surface area contributed by atoms with Gasteiger partial charge in [0.2, 0.25) is 5.91 Å². The van der Waals surface area contributed by atoms with E-state index in [-0.39, 0.29) is 17.4 Å². The van der Waals surface area contributed by atoms with E-state index in [0.29, 0.717) is 24.3 Å². The molecular formula is C15H28N2O. The first kappa shape index (κ1) is 13.9. The molecule has 2 saturated carbocycles. The quantitative estimate of drug-likeness (QED) is 0.762. The lowest BCUT2D eigenvalue weighted by molar-refractivity contribution is -0.126. The number of hydrogen-bond acceptors (Lipinski definition) is 2. The van der Waals surface area contributed by atoms with Crippen molar-refractivity contribution in [1.82, 2.24) is 5.32 Å². The number of carbonyl (C=O) groups excluding carboxylic acids is 1. The Morgan fingerprint density at radius 2 is 1.72 bits per heavy atom. The summed E-state index contributed by atoms with van der Waals surface area (Å²) in [5.74, 6) is 1.92. The molecule has 0 radical (unpaired) electrons. The van der Waals surface area contributed by atoms with Crippen LogP contribution in [-0.2, 0) is 4.79 Å². The van der Waals surface area contributed by atoms with Gasteiger partial charge in [-0.05, 0) is 49.4 Å². The van der Waals surface area contributed by atoms with E-state index in [9.17, 15) is 4.79 Å². The normalized spacial score (nSPS) is 22.1. The minimum atomic E-state index is 0.0769. The van der Waals surface area contributed by atoms with E-state index >= 15 is 0 Å². The van der Waals surface area contributed by atoms with Gasteiger partial charge in [0.25, 0.3) is 0 Å². The van der Waals surface area contributed by atoms with E-state index in [2.05, 4.69) is 26.1 Å². The highest BCUT2D eigenvalue weighted by Gasteiger charge is 2.45. The molecule has 3 N–H and O–H groups in total. The predicted octanol–water partition coefficient (Wildman–Crippen LogP) is 2.30. The molecule has 2 fully saturated rings. The number of rotatable bonds is 6. The SMILES string of the molecule is CC(C)(C)CC(N)CNC(=O)C(C1CC1)C1CC1. The molecule has 0 bridgehead atoms. The van der Waals surface area contributed by atoms with E-state index < -0.39 is 0 Å². The molecule has 18 heavy (non-hydrogen) atoms. The van der Waals surface area contributed by atoms with E-state index in [0.717, 1.165) is 6.42 Å². The van der Waals surface area contributed by atoms with Gasteiger partial charge in [0.1, 0.15) is 0 Å². The van der Waals surface area contributed by atoms with Crippen LogP contribution < -0.4 is 11.1 Å². The third-order valence-electron chi connectivity index (χ3n) is 3.98. The fourth-order valence-corrected chi connectivity index (χ4v) is 2.93. The monoisotopic (exact) mass is 252 g/mol. The van der Waals surface area contributed by atoms with Gasteiger partial charge in [-0.25, -0.2) is 0 Å². The molecule has 3 heteroatoms. The van der Waals surface area contributed by atoms with Gasteiger partial charge in [0.05, 0.1) is 0 Å². The summed E-state index contributed by atoms with van der Waals surface area (Å²) in [4.78, 5) is 12.2. The Morgan fingerprint density at radius 3 is 2.11 bits per heavy atom. The Hall–Kier alpha value is -0.570. The molecule has 0 aliphatic heterocycles. The fourth-order valence-electron chi connectivity index (χ4n) is 2.93. The minimum Gasteiger partial charge on any atom is -0.354 e. The molecule has 2 rings (SSSR count). The molecule has 2 aliphatic carbocycles. The second-order valence-electron chi connectivity index (χ2n) is 7.47. The smallest absolute Gasteiger partial charge is 0.223 e. The molecule has 0 aromatic heterocycles. The maximum Gasteiger partial charge on any atom is 0.223 e. The maximum absolute atomic E-state index is 12.2. The summed E-state index contributed by atoms with van der Waals surface area (Å²) in [6.45, 7) is 7.19. The Balaban J connectivity index is 1.73. The summed E-state index contributed by atoms with van der Waals surface area (Å²) in [6.07, 6.45) is 5.96.